The van der Waals surface area contributed by atoms with Gasteiger partial charge in [-0.1, -0.05) is 27.2 Å². The Morgan fingerprint density at radius 3 is 2.47 bits per heavy atom. The van der Waals surface area contributed by atoms with E-state index in [-0.39, 0.29) is 0 Å². The van der Waals surface area contributed by atoms with Crippen LogP contribution in [0.15, 0.2) is 0 Å². The predicted octanol–water partition coefficient (Wildman–Crippen LogP) is 3.73. The quantitative estimate of drug-likeness (QED) is 0.730. The number of nitrogens with one attached hydrogen (secondary N) is 1. The van der Waals surface area contributed by atoms with E-state index < -0.39 is 0 Å². The van der Waals surface area contributed by atoms with Crippen LogP contribution in [0.1, 0.15) is 65.7 Å². The van der Waals surface area contributed by atoms with Crippen LogP contribution in [0.3, 0.4) is 0 Å². The minimum atomic E-state index is 0.583. The lowest BCUT2D eigenvalue weighted by Crippen LogP contribution is -2.42. The summed E-state index contributed by atoms with van der Waals surface area (Å²) in [5, 5.41) is 3.90. The predicted molar refractivity (Wildman–Crippen MR) is 66.0 cm³/mol. The molecule has 2 aliphatic carbocycles. The van der Waals surface area contributed by atoms with Gasteiger partial charge in [-0.3, -0.25) is 0 Å². The molecule has 2 fully saturated rings. The Balaban J connectivity index is 1.79. The van der Waals surface area contributed by atoms with Gasteiger partial charge in [-0.15, -0.1) is 0 Å². The van der Waals surface area contributed by atoms with Gasteiger partial charge >= 0.3 is 0 Å². The first-order valence-corrected chi connectivity index (χ1v) is 6.81. The lowest BCUT2D eigenvalue weighted by atomic mass is 9.75. The Kier molecular flexibility index (Phi) is 3.39. The molecule has 2 saturated carbocycles. The van der Waals surface area contributed by atoms with Crippen molar-refractivity contribution in [2.45, 2.75) is 77.8 Å². The summed E-state index contributed by atoms with van der Waals surface area (Å²) >= 11 is 0. The van der Waals surface area contributed by atoms with Crippen LogP contribution in [0.5, 0.6) is 0 Å². The summed E-state index contributed by atoms with van der Waals surface area (Å²) < 4.78 is 0. The molecule has 0 saturated heterocycles. The lowest BCUT2D eigenvalue weighted by molar-refractivity contribution is 0.188. The van der Waals surface area contributed by atoms with E-state index in [1.165, 1.54) is 44.9 Å². The van der Waals surface area contributed by atoms with E-state index in [2.05, 4.69) is 26.1 Å². The molecule has 1 heteroatoms. The highest BCUT2D eigenvalue weighted by atomic mass is 15.0. The van der Waals surface area contributed by atoms with E-state index >= 15 is 0 Å². The summed E-state index contributed by atoms with van der Waals surface area (Å²) in [5.41, 5.74) is 0.583. The zero-order chi connectivity index (χ0) is 10.9. The Morgan fingerprint density at radius 1 is 1.07 bits per heavy atom. The average Bonchev–Trinajstić information content (AvgIpc) is 2.49. The van der Waals surface area contributed by atoms with Crippen LogP contribution in [-0.4, -0.2) is 12.1 Å². The molecule has 2 rings (SSSR count). The van der Waals surface area contributed by atoms with Crippen LogP contribution in [0.2, 0.25) is 0 Å². The molecular formula is C14H27N. The fraction of sp³-hybridized carbons (Fsp3) is 1.00. The minimum absolute atomic E-state index is 0.583. The Bertz CT molecular complexity index is 209. The van der Waals surface area contributed by atoms with Gasteiger partial charge in [0, 0.05) is 12.1 Å². The van der Waals surface area contributed by atoms with Gasteiger partial charge in [0.15, 0.2) is 0 Å². The molecule has 0 aliphatic heterocycles. The molecule has 15 heavy (non-hydrogen) atoms. The first kappa shape index (κ1) is 11.4. The van der Waals surface area contributed by atoms with Gasteiger partial charge in [0.25, 0.3) is 0 Å². The molecule has 1 nitrogen and oxygen atoms in total. The number of hydrogen-bond donors (Lipinski definition) is 1. The normalized spacial score (nSPS) is 40.6. The second-order valence-electron chi connectivity index (χ2n) is 6.74. The first-order chi connectivity index (χ1) is 7.05. The van der Waals surface area contributed by atoms with Crippen molar-refractivity contribution in [1.82, 2.24) is 5.32 Å². The van der Waals surface area contributed by atoms with Crippen molar-refractivity contribution in [3.8, 4) is 0 Å². The van der Waals surface area contributed by atoms with Crippen molar-refractivity contribution in [2.24, 2.45) is 11.3 Å². The van der Waals surface area contributed by atoms with E-state index in [1.807, 2.05) is 0 Å². The third-order valence-corrected chi connectivity index (χ3v) is 4.37. The van der Waals surface area contributed by atoms with Gasteiger partial charge in [0.2, 0.25) is 0 Å². The smallest absolute Gasteiger partial charge is 0.00747 e. The SMILES string of the molecule is CC1CCC(NC2CCCC(C)(C)C2)C1. The van der Waals surface area contributed by atoms with Crippen LogP contribution < -0.4 is 5.32 Å². The van der Waals surface area contributed by atoms with Crippen LogP contribution in [0.25, 0.3) is 0 Å². The van der Waals surface area contributed by atoms with Gasteiger partial charge in [-0.25, -0.2) is 0 Å². The topological polar surface area (TPSA) is 12.0 Å². The number of rotatable bonds is 2. The van der Waals surface area contributed by atoms with Crippen molar-refractivity contribution in [3.63, 3.8) is 0 Å². The van der Waals surface area contributed by atoms with E-state index in [4.69, 9.17) is 0 Å². The fourth-order valence-electron chi connectivity index (χ4n) is 3.53. The Labute approximate surface area is 95.0 Å². The molecule has 3 atom stereocenters. The van der Waals surface area contributed by atoms with Crippen molar-refractivity contribution < 1.29 is 0 Å². The fourth-order valence-corrected chi connectivity index (χ4v) is 3.53. The minimum Gasteiger partial charge on any atom is -0.311 e. The summed E-state index contributed by atoms with van der Waals surface area (Å²) in [7, 11) is 0. The Morgan fingerprint density at radius 2 is 1.87 bits per heavy atom. The van der Waals surface area contributed by atoms with Gasteiger partial charge in [-0.2, -0.15) is 0 Å². The summed E-state index contributed by atoms with van der Waals surface area (Å²) in [4.78, 5) is 0. The maximum absolute atomic E-state index is 3.90. The highest BCUT2D eigenvalue weighted by Gasteiger charge is 2.30. The molecule has 1 N–H and O–H groups in total. The maximum Gasteiger partial charge on any atom is 0.00747 e. The third kappa shape index (κ3) is 3.21. The standard InChI is InChI=1S/C14H27N/c1-11-6-7-12(9-11)15-13-5-4-8-14(2,3)10-13/h11-13,15H,4-10H2,1-3H3. The molecule has 88 valence electrons. The lowest BCUT2D eigenvalue weighted by Gasteiger charge is -2.37. The zero-order valence-electron chi connectivity index (χ0n) is 10.7. The summed E-state index contributed by atoms with van der Waals surface area (Å²) in [6.45, 7) is 7.25. The number of hydrogen-bond acceptors (Lipinski definition) is 1. The van der Waals surface area contributed by atoms with E-state index in [1.54, 1.807) is 0 Å². The van der Waals surface area contributed by atoms with Gasteiger partial charge in [0.05, 0.1) is 0 Å². The van der Waals surface area contributed by atoms with Crippen LogP contribution in [-0.2, 0) is 0 Å². The van der Waals surface area contributed by atoms with Crippen molar-refractivity contribution in [3.05, 3.63) is 0 Å². The maximum atomic E-state index is 3.90. The van der Waals surface area contributed by atoms with Gasteiger partial charge in [0.1, 0.15) is 0 Å². The van der Waals surface area contributed by atoms with Gasteiger partial charge in [-0.05, 0) is 49.9 Å². The molecule has 0 amide bonds. The van der Waals surface area contributed by atoms with Crippen molar-refractivity contribution in [1.29, 1.82) is 0 Å². The molecule has 0 aromatic heterocycles. The first-order valence-electron chi connectivity index (χ1n) is 6.81. The molecule has 0 heterocycles. The van der Waals surface area contributed by atoms with E-state index in [0.717, 1.165) is 18.0 Å². The molecule has 0 aromatic carbocycles. The summed E-state index contributed by atoms with van der Waals surface area (Å²) in [5.74, 6) is 0.958. The average molecular weight is 209 g/mol. The third-order valence-electron chi connectivity index (χ3n) is 4.37. The molecule has 0 radical (unpaired) electrons. The summed E-state index contributed by atoms with van der Waals surface area (Å²) in [6, 6.07) is 1.64. The molecule has 2 aliphatic rings. The monoisotopic (exact) mass is 209 g/mol. The van der Waals surface area contributed by atoms with Crippen LogP contribution in [0, 0.1) is 11.3 Å². The molecular weight excluding hydrogens is 182 g/mol. The highest BCUT2D eigenvalue weighted by Crippen LogP contribution is 2.36. The summed E-state index contributed by atoms with van der Waals surface area (Å²) in [6.07, 6.45) is 9.91. The second kappa shape index (κ2) is 4.45. The Hall–Kier alpha value is -0.0400. The highest BCUT2D eigenvalue weighted by molar-refractivity contribution is 4.87. The van der Waals surface area contributed by atoms with Gasteiger partial charge < -0.3 is 5.32 Å². The van der Waals surface area contributed by atoms with Crippen molar-refractivity contribution >= 4 is 0 Å². The zero-order valence-corrected chi connectivity index (χ0v) is 10.7. The molecule has 0 spiro atoms. The molecule has 0 aromatic rings. The van der Waals surface area contributed by atoms with Crippen LogP contribution in [0.4, 0.5) is 0 Å². The largest absolute Gasteiger partial charge is 0.311 e. The van der Waals surface area contributed by atoms with E-state index in [9.17, 15) is 0 Å². The van der Waals surface area contributed by atoms with Crippen LogP contribution >= 0.6 is 0 Å². The molecule has 3 unspecified atom stereocenters. The second-order valence-corrected chi connectivity index (χ2v) is 6.74. The van der Waals surface area contributed by atoms with E-state index in [0.29, 0.717) is 5.41 Å². The van der Waals surface area contributed by atoms with Crippen molar-refractivity contribution in [2.75, 3.05) is 0 Å². The molecule has 0 bridgehead atoms.